The van der Waals surface area contributed by atoms with Crippen molar-refractivity contribution in [2.24, 2.45) is 0 Å². The standard InChI is InChI=1S/C44H76P2S/c1-21-23-25-45(37-33(41(9,10)11)27-31(39(3,4)5)28-34(37)42(12,13)14)46(47,26-24-22-2)38-35(43(15,16)17)29-32(40(6,7)8)30-36(38)44(18,19)20/h27-30H,21-26H2,1-20H3. The second-order valence-corrected chi connectivity index (χ2v) is 30.8. The van der Waals surface area contributed by atoms with Crippen molar-refractivity contribution in [2.75, 3.05) is 12.3 Å². The van der Waals surface area contributed by atoms with E-state index in [1.54, 1.807) is 21.7 Å². The summed E-state index contributed by atoms with van der Waals surface area (Å²) in [5.41, 5.74) is 7.11. The fourth-order valence-electron chi connectivity index (χ4n) is 6.54. The molecule has 0 N–H and O–H groups in total. The molecule has 268 valence electrons. The van der Waals surface area contributed by atoms with Crippen LogP contribution in [0, 0.1) is 0 Å². The van der Waals surface area contributed by atoms with Crippen LogP contribution in [0.4, 0.5) is 0 Å². The van der Waals surface area contributed by atoms with Crippen molar-refractivity contribution in [3.63, 3.8) is 0 Å². The van der Waals surface area contributed by atoms with Crippen molar-refractivity contribution < 1.29 is 0 Å². The number of benzene rings is 2. The van der Waals surface area contributed by atoms with Gasteiger partial charge in [-0.3, -0.25) is 0 Å². The van der Waals surface area contributed by atoms with Gasteiger partial charge in [0, 0.05) is 5.73 Å². The molecule has 2 aromatic carbocycles. The van der Waals surface area contributed by atoms with E-state index in [9.17, 15) is 0 Å². The summed E-state index contributed by atoms with van der Waals surface area (Å²) >= 11 is 7.61. The molecular formula is C44H76P2S. The molecule has 0 aliphatic carbocycles. The Hall–Kier alpha value is -0.480. The molecule has 0 heterocycles. The van der Waals surface area contributed by atoms with Crippen molar-refractivity contribution in [2.45, 2.75) is 197 Å². The van der Waals surface area contributed by atoms with Crippen LogP contribution in [0.3, 0.4) is 0 Å². The van der Waals surface area contributed by atoms with Crippen LogP contribution in [-0.2, 0) is 44.3 Å². The summed E-state index contributed by atoms with van der Waals surface area (Å²) in [4.78, 5) is 0. The smallest absolute Gasteiger partial charge is 0.00943 e. The van der Waals surface area contributed by atoms with E-state index in [-0.39, 0.29) is 32.5 Å². The first-order valence-corrected chi connectivity index (χ1v) is 23.9. The number of rotatable bonds is 9. The average molecular weight is 699 g/mol. The summed E-state index contributed by atoms with van der Waals surface area (Å²) in [6.07, 6.45) is 7.21. The van der Waals surface area contributed by atoms with Crippen molar-refractivity contribution >= 4 is 35.8 Å². The largest absolute Gasteiger partial charge is 0.0874 e. The van der Waals surface area contributed by atoms with E-state index in [0.29, 0.717) is 0 Å². The highest BCUT2D eigenvalue weighted by molar-refractivity contribution is 8.57. The summed E-state index contributed by atoms with van der Waals surface area (Å²) in [7, 11) is -0.652. The normalized spacial score (nSPS) is 15.9. The molecule has 0 spiro atoms. The van der Waals surface area contributed by atoms with Crippen molar-refractivity contribution in [3.05, 3.63) is 57.6 Å². The third-order valence-electron chi connectivity index (χ3n) is 9.72. The van der Waals surface area contributed by atoms with Gasteiger partial charge in [0.2, 0.25) is 0 Å². The van der Waals surface area contributed by atoms with Crippen LogP contribution in [0.25, 0.3) is 0 Å². The van der Waals surface area contributed by atoms with Gasteiger partial charge in [-0.1, -0.05) is 187 Å². The molecule has 0 fully saturated rings. The van der Waals surface area contributed by atoms with Gasteiger partial charge in [-0.2, -0.15) is 0 Å². The van der Waals surface area contributed by atoms with Gasteiger partial charge in [0.1, 0.15) is 0 Å². The molecule has 0 aliphatic rings. The summed E-state index contributed by atoms with van der Waals surface area (Å²) < 4.78 is 0. The maximum Gasteiger partial charge on any atom is 0.00943 e. The molecule has 0 aliphatic heterocycles. The molecule has 0 amide bonds. The number of hydrogen-bond donors (Lipinski definition) is 0. The predicted octanol–water partition coefficient (Wildman–Crippen LogP) is 13.9. The van der Waals surface area contributed by atoms with Gasteiger partial charge in [-0.05, 0) is 109 Å². The molecule has 2 rings (SSSR count). The third kappa shape index (κ3) is 10.1. The summed E-state index contributed by atoms with van der Waals surface area (Å²) in [5.74, 6) is 0. The van der Waals surface area contributed by atoms with Gasteiger partial charge in [-0.15, -0.1) is 0 Å². The van der Waals surface area contributed by atoms with E-state index in [2.05, 4.69) is 163 Å². The van der Waals surface area contributed by atoms with Crippen molar-refractivity contribution in [3.8, 4) is 0 Å². The van der Waals surface area contributed by atoms with Crippen LogP contribution in [0.1, 0.15) is 198 Å². The van der Waals surface area contributed by atoms with Crippen LogP contribution in [-0.4, -0.2) is 12.3 Å². The van der Waals surface area contributed by atoms with Crippen LogP contribution in [0.15, 0.2) is 24.3 Å². The molecule has 0 aromatic heterocycles. The van der Waals surface area contributed by atoms with E-state index in [4.69, 9.17) is 11.8 Å². The van der Waals surface area contributed by atoms with Gasteiger partial charge in [0.05, 0.1) is 0 Å². The molecule has 2 unspecified atom stereocenters. The molecule has 0 bridgehead atoms. The molecule has 0 nitrogen and oxygen atoms in total. The lowest BCUT2D eigenvalue weighted by atomic mass is 9.75. The van der Waals surface area contributed by atoms with E-state index in [0.717, 1.165) is 6.16 Å². The first-order valence-electron chi connectivity index (χ1n) is 18.7. The second kappa shape index (κ2) is 14.6. The lowest BCUT2D eigenvalue weighted by molar-refractivity contribution is 0.552. The van der Waals surface area contributed by atoms with Gasteiger partial charge in [0.25, 0.3) is 0 Å². The fourth-order valence-corrected chi connectivity index (χ4v) is 20.4. The van der Waals surface area contributed by atoms with Gasteiger partial charge < -0.3 is 0 Å². The first kappa shape index (κ1) is 42.7. The van der Waals surface area contributed by atoms with E-state index < -0.39 is 13.3 Å². The van der Waals surface area contributed by atoms with Gasteiger partial charge in [0.15, 0.2) is 0 Å². The summed E-state index contributed by atoms with van der Waals surface area (Å²) in [6, 6.07) is 10.4. The molecule has 0 radical (unpaired) electrons. The topological polar surface area (TPSA) is 0 Å². The highest BCUT2D eigenvalue weighted by Gasteiger charge is 2.43. The Bertz CT molecular complexity index is 1350. The highest BCUT2D eigenvalue weighted by Crippen LogP contribution is 2.77. The van der Waals surface area contributed by atoms with Crippen molar-refractivity contribution in [1.82, 2.24) is 0 Å². The highest BCUT2D eigenvalue weighted by atomic mass is 32.6. The Labute approximate surface area is 301 Å². The molecule has 2 atom stereocenters. The van der Waals surface area contributed by atoms with E-state index >= 15 is 0 Å². The van der Waals surface area contributed by atoms with Crippen LogP contribution in [0.5, 0.6) is 0 Å². The van der Waals surface area contributed by atoms with Crippen LogP contribution >= 0.6 is 13.3 Å². The monoisotopic (exact) mass is 699 g/mol. The molecule has 0 saturated heterocycles. The van der Waals surface area contributed by atoms with E-state index in [1.807, 2.05) is 0 Å². The number of unbranched alkanes of at least 4 members (excludes halogenated alkanes) is 2. The Morgan fingerprint density at radius 2 is 0.809 bits per heavy atom. The molecule has 47 heavy (non-hydrogen) atoms. The van der Waals surface area contributed by atoms with Crippen LogP contribution in [0.2, 0.25) is 0 Å². The Kier molecular flexibility index (Phi) is 13.3. The molecule has 3 heteroatoms. The molecule has 0 saturated carbocycles. The second-order valence-electron chi connectivity index (χ2n) is 20.6. The Morgan fingerprint density at radius 3 is 1.09 bits per heavy atom. The maximum absolute atomic E-state index is 7.61. The van der Waals surface area contributed by atoms with E-state index in [1.165, 1.54) is 54.1 Å². The minimum absolute atomic E-state index is 0.00552. The zero-order chi connectivity index (χ0) is 36.8. The zero-order valence-electron chi connectivity index (χ0n) is 34.9. The zero-order valence-corrected chi connectivity index (χ0v) is 37.5. The quantitative estimate of drug-likeness (QED) is 0.235. The minimum Gasteiger partial charge on any atom is -0.0874 e. The lowest BCUT2D eigenvalue weighted by Gasteiger charge is -2.44. The first-order chi connectivity index (χ1) is 20.9. The number of hydrogen-bond acceptors (Lipinski definition) is 1. The Balaban J connectivity index is 3.45. The fraction of sp³-hybridized carbons (Fsp3) is 0.727. The maximum atomic E-state index is 7.61. The molecule has 2 aromatic rings. The lowest BCUT2D eigenvalue weighted by Crippen LogP contribution is -2.36. The Morgan fingerprint density at radius 1 is 0.489 bits per heavy atom. The molecular weight excluding hydrogens is 622 g/mol. The van der Waals surface area contributed by atoms with Crippen molar-refractivity contribution in [1.29, 1.82) is 0 Å². The minimum atomic E-state index is -2.14. The van der Waals surface area contributed by atoms with Gasteiger partial charge >= 0.3 is 0 Å². The van der Waals surface area contributed by atoms with Gasteiger partial charge in [-0.25, -0.2) is 0 Å². The van der Waals surface area contributed by atoms with Crippen LogP contribution < -0.4 is 10.6 Å². The third-order valence-corrected chi connectivity index (χ3v) is 21.9. The SMILES string of the molecule is CCCCP(c1c(C(C)(C)C)cc(C(C)(C)C)cc1C(C)(C)C)P(=S)(CCCC)c1c(C(C)(C)C)cc(C(C)(C)C)cc1C(C)(C)C. The summed E-state index contributed by atoms with van der Waals surface area (Å²) in [6.45, 7) is 48.4. The summed E-state index contributed by atoms with van der Waals surface area (Å²) in [5, 5.41) is 3.27. The predicted molar refractivity (Wildman–Crippen MR) is 225 cm³/mol. The average Bonchev–Trinajstić information content (AvgIpc) is 2.87.